The molecule has 0 aromatic carbocycles. The van der Waals surface area contributed by atoms with E-state index in [1.807, 2.05) is 0 Å². The van der Waals surface area contributed by atoms with Gasteiger partial charge in [-0.25, -0.2) is 0 Å². The minimum absolute atomic E-state index is 0.335. The van der Waals surface area contributed by atoms with Crippen LogP contribution in [0.5, 0.6) is 0 Å². The molecule has 0 aromatic rings. The first-order valence-corrected chi connectivity index (χ1v) is 22.6. The van der Waals surface area contributed by atoms with Crippen LogP contribution >= 0.6 is 45.2 Å². The molecule has 0 aliphatic heterocycles. The number of ether oxygens (including phenoxy) is 3. The number of hydrogen-bond acceptors (Lipinski definition) is 3. The Balaban J connectivity index is 3.13. The molecule has 0 saturated carbocycles. The van der Waals surface area contributed by atoms with Gasteiger partial charge in [-0.05, 0) is 73.1 Å². The topological polar surface area (TPSA) is 27.7 Å². The smallest absolute Gasteiger partial charge is 0.149 e. The zero-order valence-corrected chi connectivity index (χ0v) is 34.1. The van der Waals surface area contributed by atoms with Crippen LogP contribution in [-0.4, -0.2) is 35.7 Å². The lowest BCUT2D eigenvalue weighted by Gasteiger charge is -2.06. The van der Waals surface area contributed by atoms with Crippen molar-refractivity contribution < 1.29 is 14.2 Å². The van der Waals surface area contributed by atoms with E-state index in [0.29, 0.717) is 13.6 Å². The minimum Gasteiger partial charge on any atom is -0.355 e. The van der Waals surface area contributed by atoms with Crippen molar-refractivity contribution in [1.29, 1.82) is 0 Å². The summed E-state index contributed by atoms with van der Waals surface area (Å²) in [6.45, 7) is 2.18. The molecule has 0 aliphatic carbocycles. The van der Waals surface area contributed by atoms with Gasteiger partial charge in [0.1, 0.15) is 13.6 Å². The molecule has 0 unspecified atom stereocenters. The van der Waals surface area contributed by atoms with E-state index < -0.39 is 0 Å². The molecule has 0 rings (SSSR count). The maximum Gasteiger partial charge on any atom is 0.149 e. The molecule has 0 saturated heterocycles. The van der Waals surface area contributed by atoms with E-state index in [4.69, 9.17) is 14.2 Å². The first-order valence-electron chi connectivity index (χ1n) is 19.6. The van der Waals surface area contributed by atoms with Crippen molar-refractivity contribution in [3.63, 3.8) is 0 Å². The highest BCUT2D eigenvalue weighted by atomic mass is 127. The van der Waals surface area contributed by atoms with Crippen LogP contribution in [0.1, 0.15) is 193 Å². The average Bonchev–Trinajstić information content (AvgIpc) is 3.05. The van der Waals surface area contributed by atoms with Crippen molar-refractivity contribution in [2.24, 2.45) is 0 Å². The van der Waals surface area contributed by atoms with Crippen molar-refractivity contribution in [1.82, 2.24) is 0 Å². The summed E-state index contributed by atoms with van der Waals surface area (Å²) in [7, 11) is 0. The van der Waals surface area contributed by atoms with Crippen molar-refractivity contribution in [3.8, 4) is 0 Å². The third-order valence-electron chi connectivity index (χ3n) is 8.49. The summed E-state index contributed by atoms with van der Waals surface area (Å²) < 4.78 is 19.2. The Morgan fingerprint density at radius 2 is 0.511 bits per heavy atom. The van der Waals surface area contributed by atoms with E-state index in [9.17, 15) is 0 Å². The van der Waals surface area contributed by atoms with Crippen molar-refractivity contribution in [3.05, 3.63) is 24.3 Å². The van der Waals surface area contributed by atoms with Crippen LogP contribution in [0.15, 0.2) is 24.3 Å². The molecule has 0 aromatic heterocycles. The number of hydrogen-bond donors (Lipinski definition) is 0. The van der Waals surface area contributed by atoms with Crippen LogP contribution in [0.25, 0.3) is 0 Å². The number of rotatable bonds is 40. The van der Waals surface area contributed by atoms with Gasteiger partial charge in [0.2, 0.25) is 0 Å². The van der Waals surface area contributed by atoms with Gasteiger partial charge in [0.15, 0.2) is 0 Å². The Morgan fingerprint density at radius 3 is 0.800 bits per heavy atom. The first kappa shape index (κ1) is 45.8. The largest absolute Gasteiger partial charge is 0.355 e. The number of allylic oxidation sites excluding steroid dienone is 4. The molecule has 0 radical (unpaired) electrons. The highest BCUT2D eigenvalue weighted by molar-refractivity contribution is 14.1. The molecule has 0 spiro atoms. The van der Waals surface area contributed by atoms with Crippen molar-refractivity contribution in [2.75, 3.05) is 35.7 Å². The normalized spacial score (nSPS) is 12.0. The van der Waals surface area contributed by atoms with Crippen LogP contribution in [0, 0.1) is 0 Å². The lowest BCUT2D eigenvalue weighted by molar-refractivity contribution is -0.131. The molecule has 0 fully saturated rings. The third kappa shape index (κ3) is 44.8. The summed E-state index contributed by atoms with van der Waals surface area (Å²) in [6, 6.07) is 0. The molecule has 0 atom stereocenters. The van der Waals surface area contributed by atoms with Crippen LogP contribution < -0.4 is 0 Å². The molecule has 0 amide bonds. The van der Waals surface area contributed by atoms with Gasteiger partial charge in [0.25, 0.3) is 0 Å². The summed E-state index contributed by atoms with van der Waals surface area (Å²) in [4.78, 5) is 0. The van der Waals surface area contributed by atoms with Gasteiger partial charge >= 0.3 is 0 Å². The molecule has 0 heterocycles. The highest BCUT2D eigenvalue weighted by Crippen LogP contribution is 2.14. The molecule has 0 N–H and O–H groups in total. The maximum absolute atomic E-state index is 5.56. The second kappa shape index (κ2) is 44.8. The van der Waals surface area contributed by atoms with Gasteiger partial charge in [-0.15, -0.1) is 0 Å². The number of alkyl halides is 2. The molecule has 5 heteroatoms. The zero-order valence-electron chi connectivity index (χ0n) is 29.7. The van der Waals surface area contributed by atoms with Gasteiger partial charge in [-0.3, -0.25) is 0 Å². The minimum atomic E-state index is 0.335. The van der Waals surface area contributed by atoms with E-state index in [0.717, 1.165) is 38.9 Å². The Kier molecular flexibility index (Phi) is 45.6. The summed E-state index contributed by atoms with van der Waals surface area (Å²) >= 11 is 4.98. The SMILES string of the molecule is ICCCCCCCCCCCCCCC=CCCCOCOCOCCCC=CCCCCCCCCCCCCCCI. The Morgan fingerprint density at radius 1 is 0.267 bits per heavy atom. The van der Waals surface area contributed by atoms with Crippen LogP contribution in [0.4, 0.5) is 0 Å². The van der Waals surface area contributed by atoms with Crippen LogP contribution in [0.3, 0.4) is 0 Å². The van der Waals surface area contributed by atoms with Gasteiger partial charge < -0.3 is 14.2 Å². The maximum atomic E-state index is 5.56. The van der Waals surface area contributed by atoms with E-state index in [1.165, 1.54) is 176 Å². The van der Waals surface area contributed by atoms with Crippen LogP contribution in [0.2, 0.25) is 0 Å². The molecular weight excluding hydrogens is 782 g/mol. The zero-order chi connectivity index (χ0) is 32.4. The van der Waals surface area contributed by atoms with Gasteiger partial charge in [-0.2, -0.15) is 0 Å². The molecule has 0 aliphatic rings. The van der Waals surface area contributed by atoms with E-state index in [1.54, 1.807) is 0 Å². The Bertz CT molecular complexity index is 522. The molecule has 3 nitrogen and oxygen atoms in total. The lowest BCUT2D eigenvalue weighted by Crippen LogP contribution is -2.06. The fourth-order valence-corrected chi connectivity index (χ4v) is 6.68. The van der Waals surface area contributed by atoms with Gasteiger partial charge in [0.05, 0.1) is 0 Å². The quantitative estimate of drug-likeness (QED) is 0.0202. The van der Waals surface area contributed by atoms with E-state index in [-0.39, 0.29) is 0 Å². The van der Waals surface area contributed by atoms with Gasteiger partial charge in [-0.1, -0.05) is 198 Å². The second-order valence-corrected chi connectivity index (χ2v) is 15.1. The van der Waals surface area contributed by atoms with E-state index >= 15 is 0 Å². The summed E-state index contributed by atoms with van der Waals surface area (Å²) in [5.74, 6) is 0. The number of halogens is 2. The Labute approximate surface area is 309 Å². The number of unbranched alkanes of at least 4 members (excludes halogenated alkanes) is 26. The predicted octanol–water partition coefficient (Wildman–Crippen LogP) is 14.6. The van der Waals surface area contributed by atoms with E-state index in [2.05, 4.69) is 69.5 Å². The van der Waals surface area contributed by atoms with Crippen LogP contribution in [-0.2, 0) is 14.2 Å². The standard InChI is InChI=1S/C40H76I2O3/c41-35-31-27-23-19-15-11-7-3-1-5-9-13-17-21-25-29-33-37-43-39-45-40-44-38-34-30-26-22-18-14-10-6-2-4-8-12-16-20-24-28-32-36-42/h21-22,25-26H,1-20,23-24,27-40H2. The summed E-state index contributed by atoms with van der Waals surface area (Å²) in [5.41, 5.74) is 0. The fraction of sp³-hybridized carbons (Fsp3) is 0.900. The first-order chi connectivity index (χ1) is 22.4. The lowest BCUT2D eigenvalue weighted by atomic mass is 10.0. The fourth-order valence-electron chi connectivity index (χ4n) is 5.60. The summed E-state index contributed by atoms with van der Waals surface area (Å²) in [5, 5.41) is 0. The molecular formula is C40H76I2O3. The van der Waals surface area contributed by atoms with Gasteiger partial charge in [0, 0.05) is 13.2 Å². The molecule has 268 valence electrons. The monoisotopic (exact) mass is 858 g/mol. The Hall–Kier alpha value is 0.820. The third-order valence-corrected chi connectivity index (χ3v) is 10.0. The summed E-state index contributed by atoms with van der Waals surface area (Å²) in [6.07, 6.45) is 50.4. The molecule has 0 bridgehead atoms. The highest BCUT2D eigenvalue weighted by Gasteiger charge is 1.96. The molecule has 45 heavy (non-hydrogen) atoms. The van der Waals surface area contributed by atoms with Crippen molar-refractivity contribution in [2.45, 2.75) is 193 Å². The predicted molar refractivity (Wildman–Crippen MR) is 217 cm³/mol. The second-order valence-electron chi connectivity index (χ2n) is 12.9. The van der Waals surface area contributed by atoms with Crippen molar-refractivity contribution >= 4 is 45.2 Å². The average molecular weight is 859 g/mol.